The first kappa shape index (κ1) is 20.3. The van der Waals surface area contributed by atoms with E-state index in [9.17, 15) is 14.4 Å². The van der Waals surface area contributed by atoms with Crippen LogP contribution in [0.5, 0.6) is 0 Å². The van der Waals surface area contributed by atoms with Gasteiger partial charge in [0.05, 0.1) is 6.04 Å². The Bertz CT molecular complexity index is 814. The number of benzene rings is 2. The van der Waals surface area contributed by atoms with E-state index in [4.69, 9.17) is 0 Å². The summed E-state index contributed by atoms with van der Waals surface area (Å²) in [4.78, 5) is 37.3. The third-order valence-electron chi connectivity index (χ3n) is 4.47. The van der Waals surface area contributed by atoms with Crippen molar-refractivity contribution in [3.8, 4) is 0 Å². The monoisotopic (exact) mass is 367 g/mol. The molecule has 142 valence electrons. The summed E-state index contributed by atoms with van der Waals surface area (Å²) in [5, 5.41) is 5.45. The maximum absolute atomic E-state index is 12.5. The number of carbonyl (C=O) groups is 3. The molecule has 6 nitrogen and oxygen atoms in total. The van der Waals surface area contributed by atoms with Crippen LogP contribution >= 0.6 is 0 Å². The standard InChI is InChI=1S/C21H25N3O3/c1-14(20(26)23-19-11-9-17(10-12-19)15(2)25)24(4)13-16-5-7-18(8-6-16)21(27)22-3/h5-12,14H,13H2,1-4H3,(H,22,27)(H,23,26)/t14-/m1/s1. The molecule has 0 saturated carbocycles. The number of hydrogen-bond acceptors (Lipinski definition) is 4. The van der Waals surface area contributed by atoms with Gasteiger partial charge in [0.25, 0.3) is 5.91 Å². The lowest BCUT2D eigenvalue weighted by Gasteiger charge is -2.24. The van der Waals surface area contributed by atoms with Gasteiger partial charge in [0.1, 0.15) is 0 Å². The fourth-order valence-corrected chi connectivity index (χ4v) is 2.57. The number of Topliss-reactive ketones (excluding diaryl/α,β-unsaturated/α-hetero) is 1. The van der Waals surface area contributed by atoms with Gasteiger partial charge in [0.15, 0.2) is 5.78 Å². The van der Waals surface area contributed by atoms with Gasteiger partial charge in [-0.3, -0.25) is 19.3 Å². The Kier molecular flexibility index (Phi) is 6.85. The molecule has 0 fully saturated rings. The van der Waals surface area contributed by atoms with Gasteiger partial charge in [-0.05, 0) is 62.9 Å². The zero-order chi connectivity index (χ0) is 20.0. The number of amides is 2. The minimum absolute atomic E-state index is 0.0107. The summed E-state index contributed by atoms with van der Waals surface area (Å²) in [5.41, 5.74) is 2.87. The molecule has 2 aromatic rings. The molecule has 0 heterocycles. The van der Waals surface area contributed by atoms with Crippen LogP contribution in [0.1, 0.15) is 40.1 Å². The Morgan fingerprint density at radius 3 is 2.04 bits per heavy atom. The summed E-state index contributed by atoms with van der Waals surface area (Å²) >= 11 is 0. The van der Waals surface area contributed by atoms with Crippen LogP contribution < -0.4 is 10.6 Å². The van der Waals surface area contributed by atoms with Gasteiger partial charge in [-0.1, -0.05) is 12.1 Å². The van der Waals surface area contributed by atoms with Gasteiger partial charge in [-0.2, -0.15) is 0 Å². The van der Waals surface area contributed by atoms with Crippen LogP contribution in [0, 0.1) is 0 Å². The lowest BCUT2D eigenvalue weighted by atomic mass is 10.1. The summed E-state index contributed by atoms with van der Waals surface area (Å²) in [6, 6.07) is 13.8. The van der Waals surface area contributed by atoms with E-state index in [1.54, 1.807) is 43.4 Å². The second-order valence-corrected chi connectivity index (χ2v) is 6.49. The van der Waals surface area contributed by atoms with Gasteiger partial charge in [0, 0.05) is 30.4 Å². The molecule has 0 spiro atoms. The molecule has 1 atom stereocenters. The Morgan fingerprint density at radius 2 is 1.52 bits per heavy atom. The van der Waals surface area contributed by atoms with Crippen molar-refractivity contribution in [3.63, 3.8) is 0 Å². The van der Waals surface area contributed by atoms with Gasteiger partial charge in [0.2, 0.25) is 5.91 Å². The maximum Gasteiger partial charge on any atom is 0.251 e. The highest BCUT2D eigenvalue weighted by Crippen LogP contribution is 2.13. The van der Waals surface area contributed by atoms with E-state index in [1.807, 2.05) is 31.0 Å². The molecule has 6 heteroatoms. The maximum atomic E-state index is 12.5. The molecule has 0 aliphatic carbocycles. The smallest absolute Gasteiger partial charge is 0.251 e. The van der Waals surface area contributed by atoms with Gasteiger partial charge < -0.3 is 10.6 Å². The highest BCUT2D eigenvalue weighted by molar-refractivity contribution is 5.97. The minimum atomic E-state index is -0.351. The van der Waals surface area contributed by atoms with Crippen molar-refractivity contribution in [2.75, 3.05) is 19.4 Å². The summed E-state index contributed by atoms with van der Waals surface area (Å²) < 4.78 is 0. The molecule has 2 N–H and O–H groups in total. The quantitative estimate of drug-likeness (QED) is 0.738. The molecule has 0 aliphatic heterocycles. The molecule has 0 aromatic heterocycles. The van der Waals surface area contributed by atoms with Crippen molar-refractivity contribution < 1.29 is 14.4 Å². The first-order valence-electron chi connectivity index (χ1n) is 8.75. The molecule has 27 heavy (non-hydrogen) atoms. The highest BCUT2D eigenvalue weighted by atomic mass is 16.2. The fraction of sp³-hybridized carbons (Fsp3) is 0.286. The van der Waals surface area contributed by atoms with Crippen LogP contribution in [0.3, 0.4) is 0 Å². The van der Waals surface area contributed by atoms with Crippen molar-refractivity contribution >= 4 is 23.3 Å². The highest BCUT2D eigenvalue weighted by Gasteiger charge is 2.18. The van der Waals surface area contributed by atoms with Crippen molar-refractivity contribution in [1.29, 1.82) is 0 Å². The van der Waals surface area contributed by atoms with Crippen molar-refractivity contribution in [3.05, 3.63) is 65.2 Å². The van der Waals surface area contributed by atoms with Crippen LogP contribution in [-0.2, 0) is 11.3 Å². The normalized spacial score (nSPS) is 11.7. The largest absolute Gasteiger partial charge is 0.355 e. The average molecular weight is 367 g/mol. The molecule has 2 aromatic carbocycles. The van der Waals surface area contributed by atoms with E-state index in [2.05, 4.69) is 10.6 Å². The number of rotatable bonds is 7. The number of anilines is 1. The van der Waals surface area contributed by atoms with Crippen LogP contribution in [-0.4, -0.2) is 42.6 Å². The Hall–Kier alpha value is -2.99. The molecular weight excluding hydrogens is 342 g/mol. The van der Waals surface area contributed by atoms with E-state index < -0.39 is 0 Å². The van der Waals surface area contributed by atoms with Gasteiger partial charge >= 0.3 is 0 Å². The van der Waals surface area contributed by atoms with E-state index >= 15 is 0 Å². The molecule has 0 unspecified atom stereocenters. The Balaban J connectivity index is 1.95. The molecule has 0 aliphatic rings. The van der Waals surface area contributed by atoms with E-state index in [0.29, 0.717) is 23.4 Å². The topological polar surface area (TPSA) is 78.5 Å². The Labute approximate surface area is 159 Å². The zero-order valence-corrected chi connectivity index (χ0v) is 16.1. The van der Waals surface area contributed by atoms with Crippen LogP contribution in [0.4, 0.5) is 5.69 Å². The van der Waals surface area contributed by atoms with Crippen molar-refractivity contribution in [1.82, 2.24) is 10.2 Å². The SMILES string of the molecule is CNC(=O)c1ccc(CN(C)[C@H](C)C(=O)Nc2ccc(C(C)=O)cc2)cc1. The second-order valence-electron chi connectivity index (χ2n) is 6.49. The number of hydrogen-bond donors (Lipinski definition) is 2. The van der Waals surface area contributed by atoms with Crippen molar-refractivity contribution in [2.24, 2.45) is 0 Å². The predicted molar refractivity (Wildman–Crippen MR) is 106 cm³/mol. The lowest BCUT2D eigenvalue weighted by Crippen LogP contribution is -2.39. The summed E-state index contributed by atoms with van der Waals surface area (Å²) in [6.45, 7) is 3.91. The third kappa shape index (κ3) is 5.49. The Morgan fingerprint density at radius 1 is 0.963 bits per heavy atom. The van der Waals surface area contributed by atoms with E-state index in [0.717, 1.165) is 5.56 Å². The second kappa shape index (κ2) is 9.09. The van der Waals surface area contributed by atoms with Gasteiger partial charge in [-0.25, -0.2) is 0 Å². The van der Waals surface area contributed by atoms with Crippen LogP contribution in [0.15, 0.2) is 48.5 Å². The van der Waals surface area contributed by atoms with Crippen LogP contribution in [0.25, 0.3) is 0 Å². The third-order valence-corrected chi connectivity index (χ3v) is 4.47. The summed E-state index contributed by atoms with van der Waals surface area (Å²) in [6.07, 6.45) is 0. The first-order chi connectivity index (χ1) is 12.8. The molecule has 2 rings (SSSR count). The summed E-state index contributed by atoms with van der Waals surface area (Å²) in [7, 11) is 3.47. The van der Waals surface area contributed by atoms with Gasteiger partial charge in [-0.15, -0.1) is 0 Å². The molecule has 0 bridgehead atoms. The minimum Gasteiger partial charge on any atom is -0.355 e. The molecular formula is C21H25N3O3. The fourth-order valence-electron chi connectivity index (χ4n) is 2.57. The molecule has 0 saturated heterocycles. The number of nitrogens with one attached hydrogen (secondary N) is 2. The number of likely N-dealkylation sites (N-methyl/N-ethyl adjacent to an activating group) is 1. The van der Waals surface area contributed by atoms with Crippen molar-refractivity contribution in [2.45, 2.75) is 26.4 Å². The first-order valence-corrected chi connectivity index (χ1v) is 8.75. The van der Waals surface area contributed by atoms with E-state index in [1.165, 1.54) is 6.92 Å². The number of carbonyl (C=O) groups excluding carboxylic acids is 3. The lowest BCUT2D eigenvalue weighted by molar-refractivity contribution is -0.120. The molecule has 2 amide bonds. The summed E-state index contributed by atoms with van der Waals surface area (Å²) in [5.74, 6) is -0.267. The molecule has 0 radical (unpaired) electrons. The number of ketones is 1. The van der Waals surface area contributed by atoms with E-state index in [-0.39, 0.29) is 23.6 Å². The predicted octanol–water partition coefficient (Wildman–Crippen LogP) is 2.71. The zero-order valence-electron chi connectivity index (χ0n) is 16.1. The average Bonchev–Trinajstić information content (AvgIpc) is 2.67. The van der Waals surface area contributed by atoms with Crippen LogP contribution in [0.2, 0.25) is 0 Å². The number of nitrogens with zero attached hydrogens (tertiary/aromatic N) is 1.